The summed E-state index contributed by atoms with van der Waals surface area (Å²) >= 11 is 0. The fourth-order valence-corrected chi connectivity index (χ4v) is 4.76. The molecule has 3 N–H and O–H groups in total. The molecular weight excluding hydrogens is 563 g/mol. The normalized spacial score (nSPS) is 18.6. The molecule has 2 aromatic carbocycles. The molecule has 0 aromatic heterocycles. The molecule has 2 atom stereocenters. The quantitative estimate of drug-likeness (QED) is 0.357. The van der Waals surface area contributed by atoms with E-state index in [-0.39, 0.29) is 48.3 Å². The van der Waals surface area contributed by atoms with Crippen LogP contribution in [0.5, 0.6) is 11.5 Å². The standard InChI is InChI=1S/C28H34F3N3O6S/c1-26(2,3)41(37)34-27(4)16-40-23(22(32-5)17-7-10-19(11-8-17)28(29,30)31)24(27)33-25(36)18-9-12-20(39-14-13-35)21(15-18)38-6/h7-12,15,34-35H,13-14,16H2,1-6H3,(H,33,36). The van der Waals surface area contributed by atoms with Gasteiger partial charge in [0.1, 0.15) is 24.5 Å². The first-order chi connectivity index (χ1) is 19.1. The van der Waals surface area contributed by atoms with E-state index in [1.54, 1.807) is 27.7 Å². The number of aliphatic hydroxyl groups excluding tert-OH is 1. The lowest BCUT2D eigenvalue weighted by Gasteiger charge is -2.30. The van der Waals surface area contributed by atoms with Crippen LogP contribution >= 0.6 is 0 Å². The molecule has 13 heteroatoms. The minimum absolute atomic E-state index is 0.0352. The van der Waals surface area contributed by atoms with Gasteiger partial charge in [0.05, 0.1) is 40.7 Å². The largest absolute Gasteiger partial charge is 0.493 e. The number of hydrogen-bond acceptors (Lipinski definition) is 7. The molecule has 9 nitrogen and oxygen atoms in total. The van der Waals surface area contributed by atoms with Gasteiger partial charge in [0.15, 0.2) is 17.3 Å². The Bertz CT molecular complexity index is 1350. The number of aliphatic hydroxyl groups is 1. The van der Waals surface area contributed by atoms with E-state index in [9.17, 15) is 22.2 Å². The predicted molar refractivity (Wildman–Crippen MR) is 149 cm³/mol. The number of rotatable bonds is 10. The molecule has 1 amide bonds. The second-order valence-corrected chi connectivity index (χ2v) is 12.3. The fourth-order valence-electron chi connectivity index (χ4n) is 3.88. The SMILES string of the molecule is CN=C(C1=C(NC(=O)c2ccc(OCCO)c(OC)c2)C(C)(NS(=O)C(C)(C)C)CO1)c1ccc(C(F)(F)F)cc1. The van der Waals surface area contributed by atoms with E-state index in [4.69, 9.17) is 19.3 Å². The molecule has 0 aliphatic carbocycles. The Hall–Kier alpha value is -3.42. The van der Waals surface area contributed by atoms with Crippen LogP contribution in [0.4, 0.5) is 13.2 Å². The summed E-state index contributed by atoms with van der Waals surface area (Å²) < 4.78 is 71.7. The van der Waals surface area contributed by atoms with Gasteiger partial charge in [0.2, 0.25) is 0 Å². The minimum Gasteiger partial charge on any atom is -0.493 e. The number of aliphatic imine (C=N–C) groups is 1. The molecule has 3 rings (SSSR count). The number of benzene rings is 2. The number of ether oxygens (including phenoxy) is 3. The van der Waals surface area contributed by atoms with Crippen LogP contribution in [-0.4, -0.2) is 65.2 Å². The van der Waals surface area contributed by atoms with Crippen LogP contribution in [0.15, 0.2) is 58.9 Å². The van der Waals surface area contributed by atoms with Gasteiger partial charge in [-0.1, -0.05) is 12.1 Å². The summed E-state index contributed by atoms with van der Waals surface area (Å²) in [5.74, 6) is 0.152. The predicted octanol–water partition coefficient (Wildman–Crippen LogP) is 3.99. The highest BCUT2D eigenvalue weighted by Crippen LogP contribution is 2.34. The van der Waals surface area contributed by atoms with Crippen molar-refractivity contribution in [3.8, 4) is 11.5 Å². The van der Waals surface area contributed by atoms with Crippen molar-refractivity contribution in [2.45, 2.75) is 44.2 Å². The summed E-state index contributed by atoms with van der Waals surface area (Å²) in [4.78, 5) is 17.8. The smallest absolute Gasteiger partial charge is 0.416 e. The summed E-state index contributed by atoms with van der Waals surface area (Å²) in [5.41, 5.74) is -1.05. The average molecular weight is 598 g/mol. The molecule has 224 valence electrons. The van der Waals surface area contributed by atoms with Gasteiger partial charge >= 0.3 is 6.18 Å². The van der Waals surface area contributed by atoms with Gasteiger partial charge in [-0.15, -0.1) is 0 Å². The van der Waals surface area contributed by atoms with Crippen molar-refractivity contribution in [3.63, 3.8) is 0 Å². The summed E-state index contributed by atoms with van der Waals surface area (Å²) in [6.45, 7) is 6.84. The van der Waals surface area contributed by atoms with Crippen molar-refractivity contribution in [1.29, 1.82) is 0 Å². The molecule has 0 bridgehead atoms. The number of alkyl halides is 3. The highest BCUT2D eigenvalue weighted by molar-refractivity contribution is 7.84. The topological polar surface area (TPSA) is 118 Å². The van der Waals surface area contributed by atoms with Crippen LogP contribution < -0.4 is 19.5 Å². The van der Waals surface area contributed by atoms with Gasteiger partial charge in [-0.3, -0.25) is 9.79 Å². The maximum atomic E-state index is 13.5. The number of carbonyl (C=O) groups is 1. The zero-order valence-corrected chi connectivity index (χ0v) is 24.5. The van der Waals surface area contributed by atoms with E-state index in [2.05, 4.69) is 15.0 Å². The fraction of sp³-hybridized carbons (Fsp3) is 0.429. The summed E-state index contributed by atoms with van der Waals surface area (Å²) in [6, 6.07) is 8.90. The molecule has 2 aromatic rings. The van der Waals surface area contributed by atoms with Crippen molar-refractivity contribution >= 4 is 22.6 Å². The van der Waals surface area contributed by atoms with Gasteiger partial charge in [-0.25, -0.2) is 8.93 Å². The number of nitrogens with one attached hydrogen (secondary N) is 2. The van der Waals surface area contributed by atoms with Gasteiger partial charge in [-0.05, 0) is 58.0 Å². The molecule has 2 unspecified atom stereocenters. The van der Waals surface area contributed by atoms with E-state index >= 15 is 0 Å². The van der Waals surface area contributed by atoms with Crippen molar-refractivity contribution in [2.75, 3.05) is 34.0 Å². The second kappa shape index (κ2) is 12.6. The molecule has 1 aliphatic rings. The third-order valence-corrected chi connectivity index (χ3v) is 7.84. The molecule has 0 fully saturated rings. The Balaban J connectivity index is 2.07. The molecule has 1 aliphatic heterocycles. The highest BCUT2D eigenvalue weighted by atomic mass is 32.2. The van der Waals surface area contributed by atoms with Crippen LogP contribution in [0, 0.1) is 0 Å². The Morgan fingerprint density at radius 2 is 1.76 bits per heavy atom. The van der Waals surface area contributed by atoms with E-state index in [0.29, 0.717) is 11.3 Å². The van der Waals surface area contributed by atoms with Crippen LogP contribution in [0.2, 0.25) is 0 Å². The van der Waals surface area contributed by atoms with Crippen molar-refractivity contribution in [2.24, 2.45) is 4.99 Å². The number of amides is 1. The number of carbonyl (C=O) groups excluding carboxylic acids is 1. The number of methoxy groups -OCH3 is 1. The lowest BCUT2D eigenvalue weighted by molar-refractivity contribution is -0.137. The molecule has 41 heavy (non-hydrogen) atoms. The third-order valence-electron chi connectivity index (χ3n) is 6.10. The highest BCUT2D eigenvalue weighted by Gasteiger charge is 2.44. The second-order valence-electron chi connectivity index (χ2n) is 10.3. The first-order valence-corrected chi connectivity index (χ1v) is 13.7. The number of halogens is 3. The Kier molecular flexibility index (Phi) is 9.88. The number of allylic oxidation sites excluding steroid dienone is 1. The van der Waals surface area contributed by atoms with Gasteiger partial charge in [-0.2, -0.15) is 13.2 Å². The van der Waals surface area contributed by atoms with Crippen molar-refractivity contribution in [1.82, 2.24) is 10.0 Å². The molecular formula is C28H34F3N3O6S. The van der Waals surface area contributed by atoms with Crippen LogP contribution in [-0.2, 0) is 21.9 Å². The van der Waals surface area contributed by atoms with Crippen LogP contribution in [0.3, 0.4) is 0 Å². The maximum absolute atomic E-state index is 13.5. The van der Waals surface area contributed by atoms with E-state index in [0.717, 1.165) is 12.1 Å². The summed E-state index contributed by atoms with van der Waals surface area (Å²) in [7, 11) is 1.28. The lowest BCUT2D eigenvalue weighted by atomic mass is 9.97. The zero-order chi connectivity index (χ0) is 30.6. The van der Waals surface area contributed by atoms with Crippen LogP contribution in [0.1, 0.15) is 49.2 Å². The molecule has 0 spiro atoms. The van der Waals surface area contributed by atoms with Crippen LogP contribution in [0.25, 0.3) is 0 Å². The molecule has 1 heterocycles. The summed E-state index contributed by atoms with van der Waals surface area (Å²) in [6.07, 6.45) is -4.51. The first kappa shape index (κ1) is 32.1. The number of hydrogen-bond donors (Lipinski definition) is 3. The third kappa shape index (κ3) is 7.46. The van der Waals surface area contributed by atoms with E-state index in [1.165, 1.54) is 44.5 Å². The molecule has 0 saturated carbocycles. The molecule has 0 saturated heterocycles. The van der Waals surface area contributed by atoms with E-state index < -0.39 is 38.9 Å². The lowest BCUT2D eigenvalue weighted by Crippen LogP contribution is -2.53. The zero-order valence-electron chi connectivity index (χ0n) is 23.6. The van der Waals surface area contributed by atoms with Crippen molar-refractivity contribution in [3.05, 3.63) is 70.6 Å². The monoisotopic (exact) mass is 597 g/mol. The first-order valence-electron chi connectivity index (χ1n) is 12.6. The Morgan fingerprint density at radius 1 is 1.12 bits per heavy atom. The average Bonchev–Trinajstić information content (AvgIpc) is 3.22. The maximum Gasteiger partial charge on any atom is 0.416 e. The minimum atomic E-state index is -4.51. The van der Waals surface area contributed by atoms with E-state index in [1.807, 2.05) is 0 Å². The Morgan fingerprint density at radius 3 is 2.29 bits per heavy atom. The van der Waals surface area contributed by atoms with Crippen molar-refractivity contribution < 1.29 is 41.5 Å². The van der Waals surface area contributed by atoms with Gasteiger partial charge < -0.3 is 24.6 Å². The van der Waals surface area contributed by atoms with Gasteiger partial charge in [0.25, 0.3) is 5.91 Å². The Labute approximate surface area is 239 Å². The summed E-state index contributed by atoms with van der Waals surface area (Å²) in [5, 5.41) is 11.9. The van der Waals surface area contributed by atoms with Gasteiger partial charge in [0, 0.05) is 18.2 Å². The molecule has 0 radical (unpaired) electrons. The number of nitrogens with zero attached hydrogens (tertiary/aromatic N) is 1.